The van der Waals surface area contributed by atoms with Gasteiger partial charge in [0.15, 0.2) is 11.6 Å². The van der Waals surface area contributed by atoms with Crippen LogP contribution in [0.1, 0.15) is 17.3 Å². The molecule has 0 unspecified atom stereocenters. The van der Waals surface area contributed by atoms with Gasteiger partial charge in [-0.2, -0.15) is 0 Å². The van der Waals surface area contributed by atoms with Crippen molar-refractivity contribution >= 4 is 17.3 Å². The molecule has 22 heavy (non-hydrogen) atoms. The molecule has 5 heteroatoms. The lowest BCUT2D eigenvalue weighted by Crippen LogP contribution is -2.30. The fourth-order valence-corrected chi connectivity index (χ4v) is 2.17. The van der Waals surface area contributed by atoms with Crippen molar-refractivity contribution in [1.82, 2.24) is 0 Å². The first-order valence-electron chi connectivity index (χ1n) is 6.98. The molecule has 116 valence electrons. The summed E-state index contributed by atoms with van der Waals surface area (Å²) in [5.41, 5.74) is 1.73. The molecule has 0 saturated carbocycles. The first-order valence-corrected chi connectivity index (χ1v) is 6.98. The van der Waals surface area contributed by atoms with Crippen LogP contribution in [0.25, 0.3) is 0 Å². The third-order valence-electron chi connectivity index (χ3n) is 3.39. The molecule has 0 spiro atoms. The largest absolute Gasteiger partial charge is 0.378 e. The molecular formula is C17H18F2N2O. The highest BCUT2D eigenvalue weighted by Gasteiger charge is 2.18. The van der Waals surface area contributed by atoms with Crippen LogP contribution in [-0.4, -0.2) is 26.5 Å². The summed E-state index contributed by atoms with van der Waals surface area (Å²) in [5.74, 6) is -2.15. The molecule has 0 aromatic heterocycles. The van der Waals surface area contributed by atoms with E-state index in [1.54, 1.807) is 25.1 Å². The Morgan fingerprint density at radius 1 is 1.00 bits per heavy atom. The van der Waals surface area contributed by atoms with Gasteiger partial charge < -0.3 is 9.80 Å². The summed E-state index contributed by atoms with van der Waals surface area (Å²) in [6, 6.07) is 10.6. The zero-order valence-corrected chi connectivity index (χ0v) is 12.8. The molecule has 0 N–H and O–H groups in total. The normalized spacial score (nSPS) is 10.4. The van der Waals surface area contributed by atoms with Gasteiger partial charge in [0, 0.05) is 43.6 Å². The number of nitrogens with zero attached hydrogens (tertiary/aromatic N) is 2. The van der Waals surface area contributed by atoms with Crippen LogP contribution in [0.15, 0.2) is 42.5 Å². The van der Waals surface area contributed by atoms with Gasteiger partial charge >= 0.3 is 0 Å². The van der Waals surface area contributed by atoms with Crippen molar-refractivity contribution in [3.63, 3.8) is 0 Å². The Labute approximate surface area is 128 Å². The van der Waals surface area contributed by atoms with Crippen LogP contribution >= 0.6 is 0 Å². The lowest BCUT2D eigenvalue weighted by atomic mass is 10.1. The van der Waals surface area contributed by atoms with E-state index in [0.29, 0.717) is 17.8 Å². The van der Waals surface area contributed by atoms with Gasteiger partial charge in [-0.15, -0.1) is 0 Å². The minimum absolute atomic E-state index is 0.253. The zero-order chi connectivity index (χ0) is 16.3. The third-order valence-corrected chi connectivity index (χ3v) is 3.39. The van der Waals surface area contributed by atoms with Crippen molar-refractivity contribution in [3.8, 4) is 0 Å². The van der Waals surface area contributed by atoms with Crippen molar-refractivity contribution < 1.29 is 13.6 Å². The van der Waals surface area contributed by atoms with Crippen LogP contribution in [0.2, 0.25) is 0 Å². The van der Waals surface area contributed by atoms with E-state index in [1.165, 1.54) is 11.0 Å². The van der Waals surface area contributed by atoms with Gasteiger partial charge in [0.05, 0.1) is 0 Å². The standard InChI is InChI=1S/C17H18F2N2O/c1-4-21(14-8-9-15(18)16(19)11-14)17(22)12-6-5-7-13(10-12)20(2)3/h5-11H,4H2,1-3H3. The molecule has 2 aromatic rings. The molecule has 0 saturated heterocycles. The number of hydrogen-bond donors (Lipinski definition) is 0. The molecule has 2 aromatic carbocycles. The van der Waals surface area contributed by atoms with Crippen molar-refractivity contribution in [3.05, 3.63) is 59.7 Å². The highest BCUT2D eigenvalue weighted by molar-refractivity contribution is 6.06. The van der Waals surface area contributed by atoms with Crippen LogP contribution < -0.4 is 9.80 Å². The number of rotatable bonds is 4. The van der Waals surface area contributed by atoms with Crippen molar-refractivity contribution in [2.75, 3.05) is 30.4 Å². The van der Waals surface area contributed by atoms with Crippen molar-refractivity contribution in [2.45, 2.75) is 6.92 Å². The minimum Gasteiger partial charge on any atom is -0.378 e. The third kappa shape index (κ3) is 3.24. The van der Waals surface area contributed by atoms with Gasteiger partial charge in [0.25, 0.3) is 5.91 Å². The highest BCUT2D eigenvalue weighted by Crippen LogP contribution is 2.21. The van der Waals surface area contributed by atoms with E-state index in [1.807, 2.05) is 25.1 Å². The van der Waals surface area contributed by atoms with Gasteiger partial charge in [-0.3, -0.25) is 4.79 Å². The number of carbonyl (C=O) groups excluding carboxylic acids is 1. The molecule has 2 rings (SSSR count). The maximum atomic E-state index is 13.4. The average Bonchev–Trinajstić information content (AvgIpc) is 2.51. The van der Waals surface area contributed by atoms with Crippen molar-refractivity contribution in [2.24, 2.45) is 0 Å². The average molecular weight is 304 g/mol. The second-order valence-corrected chi connectivity index (χ2v) is 5.09. The SMILES string of the molecule is CCN(C(=O)c1cccc(N(C)C)c1)c1ccc(F)c(F)c1. The smallest absolute Gasteiger partial charge is 0.258 e. The number of carbonyl (C=O) groups is 1. The Bertz CT molecular complexity index is 686. The Kier molecular flexibility index (Phi) is 4.75. The summed E-state index contributed by atoms with van der Waals surface area (Å²) in [4.78, 5) is 15.9. The molecule has 0 aliphatic rings. The quantitative estimate of drug-likeness (QED) is 0.860. The maximum Gasteiger partial charge on any atom is 0.258 e. The topological polar surface area (TPSA) is 23.6 Å². The Morgan fingerprint density at radius 3 is 2.32 bits per heavy atom. The summed E-state index contributed by atoms with van der Waals surface area (Å²) in [7, 11) is 3.77. The molecular weight excluding hydrogens is 286 g/mol. The van der Waals surface area contributed by atoms with Crippen molar-refractivity contribution in [1.29, 1.82) is 0 Å². The molecule has 3 nitrogen and oxygen atoms in total. The number of benzene rings is 2. The fraction of sp³-hybridized carbons (Fsp3) is 0.235. The predicted octanol–water partition coefficient (Wildman–Crippen LogP) is 3.70. The fourth-order valence-electron chi connectivity index (χ4n) is 2.17. The maximum absolute atomic E-state index is 13.4. The van der Waals surface area contributed by atoms with Gasteiger partial charge in [-0.1, -0.05) is 6.07 Å². The van der Waals surface area contributed by atoms with E-state index in [2.05, 4.69) is 0 Å². The van der Waals surface area contributed by atoms with Gasteiger partial charge in [0.2, 0.25) is 0 Å². The minimum atomic E-state index is -0.967. The molecule has 0 heterocycles. The first-order chi connectivity index (χ1) is 10.4. The molecule has 0 aliphatic carbocycles. The highest BCUT2D eigenvalue weighted by atomic mass is 19.2. The van der Waals surface area contributed by atoms with Gasteiger partial charge in [0.1, 0.15) is 0 Å². The molecule has 0 aliphatic heterocycles. The molecule has 0 radical (unpaired) electrons. The van der Waals surface area contributed by atoms with Crippen LogP contribution in [-0.2, 0) is 0 Å². The van der Waals surface area contributed by atoms with Gasteiger partial charge in [-0.05, 0) is 37.3 Å². The lowest BCUT2D eigenvalue weighted by Gasteiger charge is -2.22. The summed E-state index contributed by atoms with van der Waals surface area (Å²) in [5, 5.41) is 0. The molecule has 0 fully saturated rings. The monoisotopic (exact) mass is 304 g/mol. The van der Waals surface area contributed by atoms with Crippen LogP contribution in [0, 0.1) is 11.6 Å². The zero-order valence-electron chi connectivity index (χ0n) is 12.8. The lowest BCUT2D eigenvalue weighted by molar-refractivity contribution is 0.0988. The Morgan fingerprint density at radius 2 is 1.73 bits per heavy atom. The van der Waals surface area contributed by atoms with E-state index in [0.717, 1.165) is 17.8 Å². The van der Waals surface area contributed by atoms with E-state index in [-0.39, 0.29) is 5.91 Å². The van der Waals surface area contributed by atoms with Gasteiger partial charge in [-0.25, -0.2) is 8.78 Å². The van der Waals surface area contributed by atoms with E-state index < -0.39 is 11.6 Å². The predicted molar refractivity (Wildman–Crippen MR) is 84.5 cm³/mol. The molecule has 1 amide bonds. The number of anilines is 2. The Balaban J connectivity index is 2.36. The number of halogens is 2. The second kappa shape index (κ2) is 6.56. The van der Waals surface area contributed by atoms with E-state index in [4.69, 9.17) is 0 Å². The molecule has 0 atom stereocenters. The number of hydrogen-bond acceptors (Lipinski definition) is 2. The van der Waals surface area contributed by atoms with Crippen LogP contribution in [0.3, 0.4) is 0 Å². The summed E-state index contributed by atoms with van der Waals surface area (Å²) in [6.07, 6.45) is 0. The van der Waals surface area contributed by atoms with E-state index >= 15 is 0 Å². The van der Waals surface area contributed by atoms with E-state index in [9.17, 15) is 13.6 Å². The number of amides is 1. The van der Waals surface area contributed by atoms with Crippen LogP contribution in [0.5, 0.6) is 0 Å². The first kappa shape index (κ1) is 15.9. The summed E-state index contributed by atoms with van der Waals surface area (Å²) >= 11 is 0. The van der Waals surface area contributed by atoms with Crippen LogP contribution in [0.4, 0.5) is 20.2 Å². The second-order valence-electron chi connectivity index (χ2n) is 5.09. The summed E-state index contributed by atoms with van der Waals surface area (Å²) in [6.45, 7) is 2.14. The molecule has 0 bridgehead atoms. The summed E-state index contributed by atoms with van der Waals surface area (Å²) < 4.78 is 26.4. The Hall–Kier alpha value is -2.43.